The van der Waals surface area contributed by atoms with Gasteiger partial charge in [-0.05, 0) is 24.1 Å². The summed E-state index contributed by atoms with van der Waals surface area (Å²) in [6.45, 7) is 0. The molecule has 0 atom stereocenters. The van der Waals surface area contributed by atoms with Gasteiger partial charge in [0.15, 0.2) is 5.13 Å². The summed E-state index contributed by atoms with van der Waals surface area (Å²) in [6, 6.07) is 3.23. The first-order chi connectivity index (χ1) is 8.63. The van der Waals surface area contributed by atoms with E-state index in [1.54, 1.807) is 5.38 Å². The monoisotopic (exact) mass is 263 g/mol. The molecular formula is C12H10FN3OS. The van der Waals surface area contributed by atoms with Gasteiger partial charge in [-0.1, -0.05) is 0 Å². The van der Waals surface area contributed by atoms with Gasteiger partial charge in [0.2, 0.25) is 5.91 Å². The minimum atomic E-state index is -0.429. The van der Waals surface area contributed by atoms with Crippen LogP contribution in [0.1, 0.15) is 12.0 Å². The average molecular weight is 263 g/mol. The van der Waals surface area contributed by atoms with Gasteiger partial charge in [-0.3, -0.25) is 4.79 Å². The molecule has 6 heteroatoms. The first-order valence-electron chi connectivity index (χ1n) is 5.47. The molecule has 1 aliphatic heterocycles. The number of carbonyl (C=O) groups is 1. The molecule has 0 saturated heterocycles. The molecule has 0 radical (unpaired) electrons. The molecule has 18 heavy (non-hydrogen) atoms. The van der Waals surface area contributed by atoms with Crippen molar-refractivity contribution in [2.24, 2.45) is 0 Å². The Hall–Kier alpha value is -1.95. The number of amides is 1. The van der Waals surface area contributed by atoms with Gasteiger partial charge in [0.1, 0.15) is 5.82 Å². The van der Waals surface area contributed by atoms with E-state index >= 15 is 0 Å². The maximum atomic E-state index is 13.9. The lowest BCUT2D eigenvalue weighted by atomic mass is 9.99. The number of thiazole rings is 1. The van der Waals surface area contributed by atoms with E-state index < -0.39 is 5.82 Å². The minimum absolute atomic E-state index is 0.146. The molecule has 4 nitrogen and oxygen atoms in total. The summed E-state index contributed by atoms with van der Waals surface area (Å²) in [4.78, 5) is 15.4. The Morgan fingerprint density at radius 3 is 2.94 bits per heavy atom. The first-order valence-corrected chi connectivity index (χ1v) is 6.35. The number of aryl methyl sites for hydroxylation is 1. The van der Waals surface area contributed by atoms with Crippen molar-refractivity contribution in [3.05, 3.63) is 28.9 Å². The zero-order valence-corrected chi connectivity index (χ0v) is 10.2. The molecule has 3 rings (SSSR count). The van der Waals surface area contributed by atoms with Crippen LogP contribution in [0.4, 0.5) is 15.2 Å². The largest absolute Gasteiger partial charge is 0.375 e. The Balaban J connectivity index is 2.09. The van der Waals surface area contributed by atoms with Crippen molar-refractivity contribution in [1.29, 1.82) is 0 Å². The fourth-order valence-corrected chi connectivity index (χ4v) is 2.59. The number of hydrogen-bond donors (Lipinski definition) is 2. The van der Waals surface area contributed by atoms with Crippen molar-refractivity contribution < 1.29 is 9.18 Å². The average Bonchev–Trinajstić information content (AvgIpc) is 2.77. The number of nitrogens with one attached hydrogen (secondary N) is 1. The Morgan fingerprint density at radius 2 is 2.22 bits per heavy atom. The number of nitrogens with two attached hydrogens (primary N) is 1. The number of carbonyl (C=O) groups excluding carboxylic acids is 1. The van der Waals surface area contributed by atoms with E-state index in [1.165, 1.54) is 17.4 Å². The molecule has 0 spiro atoms. The standard InChI is InChI=1S/C12H10FN3OS/c13-8-4-7(9-5-18-12(14)15-9)3-6-1-2-10(17)16-11(6)8/h3-5H,1-2H2,(H2,14,15)(H,16,17). The number of aromatic nitrogens is 1. The molecule has 0 fully saturated rings. The van der Waals surface area contributed by atoms with Gasteiger partial charge < -0.3 is 11.1 Å². The van der Waals surface area contributed by atoms with E-state index in [9.17, 15) is 9.18 Å². The summed E-state index contributed by atoms with van der Waals surface area (Å²) in [6.07, 6.45) is 0.931. The predicted octanol–water partition coefficient (Wildman–Crippen LogP) is 2.42. The molecule has 1 aliphatic rings. The van der Waals surface area contributed by atoms with Gasteiger partial charge in [-0.2, -0.15) is 0 Å². The van der Waals surface area contributed by atoms with Crippen molar-refractivity contribution in [1.82, 2.24) is 4.98 Å². The summed E-state index contributed by atoms with van der Waals surface area (Å²) >= 11 is 1.32. The van der Waals surface area contributed by atoms with Gasteiger partial charge in [0.25, 0.3) is 0 Å². The van der Waals surface area contributed by atoms with E-state index in [2.05, 4.69) is 10.3 Å². The van der Waals surface area contributed by atoms with Crippen LogP contribution in [0.2, 0.25) is 0 Å². The lowest BCUT2D eigenvalue weighted by Crippen LogP contribution is -2.20. The molecule has 0 bridgehead atoms. The van der Waals surface area contributed by atoms with Crippen LogP contribution in [0, 0.1) is 5.82 Å². The summed E-state index contributed by atoms with van der Waals surface area (Å²) in [5.74, 6) is -0.575. The fourth-order valence-electron chi connectivity index (χ4n) is 2.02. The number of nitrogen functional groups attached to an aromatic ring is 1. The SMILES string of the molecule is Nc1nc(-c2cc(F)c3c(c2)CCC(=O)N3)cs1. The predicted molar refractivity (Wildman–Crippen MR) is 68.9 cm³/mol. The first kappa shape index (κ1) is 11.2. The highest BCUT2D eigenvalue weighted by molar-refractivity contribution is 7.13. The van der Waals surface area contributed by atoms with Gasteiger partial charge in [0, 0.05) is 17.4 Å². The highest BCUT2D eigenvalue weighted by Gasteiger charge is 2.20. The van der Waals surface area contributed by atoms with E-state index in [0.29, 0.717) is 34.9 Å². The van der Waals surface area contributed by atoms with Crippen LogP contribution >= 0.6 is 11.3 Å². The lowest BCUT2D eigenvalue weighted by molar-refractivity contribution is -0.116. The van der Waals surface area contributed by atoms with Gasteiger partial charge in [0.05, 0.1) is 11.4 Å². The zero-order valence-electron chi connectivity index (χ0n) is 9.37. The van der Waals surface area contributed by atoms with Crippen molar-refractivity contribution in [2.75, 3.05) is 11.1 Å². The van der Waals surface area contributed by atoms with Crippen LogP contribution in [0.5, 0.6) is 0 Å². The second-order valence-corrected chi connectivity index (χ2v) is 5.00. The molecule has 2 heterocycles. The Morgan fingerprint density at radius 1 is 1.39 bits per heavy atom. The van der Waals surface area contributed by atoms with E-state index in [1.807, 2.05) is 6.07 Å². The number of rotatable bonds is 1. The number of hydrogen-bond acceptors (Lipinski definition) is 4. The molecule has 0 unspecified atom stereocenters. The zero-order chi connectivity index (χ0) is 12.7. The number of halogens is 1. The van der Waals surface area contributed by atoms with Gasteiger partial charge >= 0.3 is 0 Å². The molecule has 1 aromatic carbocycles. The molecule has 1 aromatic heterocycles. The Kier molecular flexibility index (Phi) is 2.52. The Labute approximate surface area is 107 Å². The highest BCUT2D eigenvalue weighted by Crippen LogP contribution is 2.32. The molecule has 0 aliphatic carbocycles. The number of benzene rings is 1. The molecule has 2 aromatic rings. The van der Waals surface area contributed by atoms with Crippen LogP contribution in [-0.4, -0.2) is 10.9 Å². The minimum Gasteiger partial charge on any atom is -0.375 e. The molecular weight excluding hydrogens is 253 g/mol. The molecule has 1 amide bonds. The number of anilines is 2. The molecule has 3 N–H and O–H groups in total. The van der Waals surface area contributed by atoms with Crippen molar-refractivity contribution >= 4 is 28.1 Å². The molecule has 92 valence electrons. The summed E-state index contributed by atoms with van der Waals surface area (Å²) in [5.41, 5.74) is 8.01. The highest BCUT2D eigenvalue weighted by atomic mass is 32.1. The van der Waals surface area contributed by atoms with Crippen molar-refractivity contribution in [3.63, 3.8) is 0 Å². The summed E-state index contributed by atoms with van der Waals surface area (Å²) in [5, 5.41) is 4.80. The van der Waals surface area contributed by atoms with Crippen LogP contribution in [-0.2, 0) is 11.2 Å². The third-order valence-electron chi connectivity index (χ3n) is 2.88. The normalized spacial score (nSPS) is 14.2. The van der Waals surface area contributed by atoms with Crippen LogP contribution in [0.15, 0.2) is 17.5 Å². The maximum absolute atomic E-state index is 13.9. The van der Waals surface area contributed by atoms with Gasteiger partial charge in [-0.25, -0.2) is 9.37 Å². The molecule has 0 saturated carbocycles. The van der Waals surface area contributed by atoms with Crippen molar-refractivity contribution in [3.8, 4) is 11.3 Å². The summed E-state index contributed by atoms with van der Waals surface area (Å²) in [7, 11) is 0. The van der Waals surface area contributed by atoms with Crippen LogP contribution < -0.4 is 11.1 Å². The van der Waals surface area contributed by atoms with Crippen LogP contribution in [0.3, 0.4) is 0 Å². The van der Waals surface area contributed by atoms with E-state index in [4.69, 9.17) is 5.73 Å². The Bertz CT molecular complexity index is 638. The second kappa shape index (κ2) is 4.06. The van der Waals surface area contributed by atoms with E-state index in [0.717, 1.165) is 5.56 Å². The summed E-state index contributed by atoms with van der Waals surface area (Å²) < 4.78 is 13.9. The number of nitrogens with zero attached hydrogens (tertiary/aromatic N) is 1. The van der Waals surface area contributed by atoms with E-state index in [-0.39, 0.29) is 5.91 Å². The maximum Gasteiger partial charge on any atom is 0.224 e. The second-order valence-electron chi connectivity index (χ2n) is 4.11. The topological polar surface area (TPSA) is 68.0 Å². The van der Waals surface area contributed by atoms with Crippen LogP contribution in [0.25, 0.3) is 11.3 Å². The lowest BCUT2D eigenvalue weighted by Gasteiger charge is -2.18. The number of fused-ring (bicyclic) bond motifs is 1. The fraction of sp³-hybridized carbons (Fsp3) is 0.167. The van der Waals surface area contributed by atoms with Gasteiger partial charge in [-0.15, -0.1) is 11.3 Å². The smallest absolute Gasteiger partial charge is 0.224 e. The van der Waals surface area contributed by atoms with Crippen molar-refractivity contribution in [2.45, 2.75) is 12.8 Å². The third-order valence-corrected chi connectivity index (χ3v) is 3.55. The third kappa shape index (κ3) is 1.84. The quantitative estimate of drug-likeness (QED) is 0.830.